The van der Waals surface area contributed by atoms with E-state index < -0.39 is 0 Å². The number of rotatable bonds is 10. The third-order valence-electron chi connectivity index (χ3n) is 14.4. The van der Waals surface area contributed by atoms with E-state index in [0.717, 1.165) is 117 Å². The number of hydrogen-bond donors (Lipinski definition) is 0. The van der Waals surface area contributed by atoms with Crippen LogP contribution in [-0.4, -0.2) is 28.9 Å². The quantitative estimate of drug-likeness (QED) is 0.137. The number of imidazole rings is 2. The van der Waals surface area contributed by atoms with E-state index in [1.807, 2.05) is 60.7 Å². The summed E-state index contributed by atoms with van der Waals surface area (Å²) < 4.78 is 4.77. The molecule has 3 aromatic heterocycles. The Hall–Kier alpha value is -10.3. The Morgan fingerprint density at radius 1 is 0.224 bits per heavy atom. The van der Waals surface area contributed by atoms with Crippen molar-refractivity contribution in [3.05, 3.63) is 279 Å². The van der Waals surface area contributed by atoms with Gasteiger partial charge in [-0.05, 0) is 98.1 Å². The van der Waals surface area contributed by atoms with Gasteiger partial charge in [0.05, 0.1) is 27.8 Å². The smallest absolute Gasteiger partial charge is 0.220 e. The Morgan fingerprint density at radius 3 is 1.13 bits per heavy atom. The van der Waals surface area contributed by atoms with Gasteiger partial charge in [0.15, 0.2) is 17.5 Å². The fraction of sp³-hybridized carbons (Fsp3) is 0. The molecule has 6 heteroatoms. The lowest BCUT2D eigenvalue weighted by Gasteiger charge is -2.20. The molecule has 0 aliphatic carbocycles. The predicted octanol–water partition coefficient (Wildman–Crippen LogP) is 17.6. The summed E-state index contributed by atoms with van der Waals surface area (Å²) in [7, 11) is 0. The van der Waals surface area contributed by atoms with Crippen LogP contribution in [0.15, 0.2) is 279 Å². The van der Waals surface area contributed by atoms with Crippen LogP contribution in [0.25, 0.3) is 134 Å². The number of benzene rings is 11. The molecule has 3 heterocycles. The molecule has 14 aromatic rings. The Morgan fingerprint density at radius 2 is 0.618 bits per heavy atom. The SMILES string of the molecule is c1ccc(-c2cc(-c3ccccc3)c(-n3c4ccc(-c5ccccc5)cc4n4c5cc(-c6ccc(-c7nc(-c8ccccc8)nc(-c8ccccc8)n7)cc6-c6ccccc6)ccc5nc34)c(-c3ccccc3)c2)cc1. The van der Waals surface area contributed by atoms with Crippen LogP contribution in [0.2, 0.25) is 0 Å². The highest BCUT2D eigenvalue weighted by atomic mass is 15.2. The van der Waals surface area contributed by atoms with Gasteiger partial charge in [-0.1, -0.05) is 237 Å². The van der Waals surface area contributed by atoms with Gasteiger partial charge in [-0.3, -0.25) is 8.97 Å². The van der Waals surface area contributed by atoms with E-state index in [1.54, 1.807) is 0 Å². The molecule has 76 heavy (non-hydrogen) atoms. The third kappa shape index (κ3) is 8.02. The number of aromatic nitrogens is 6. The topological polar surface area (TPSA) is 60.9 Å². The van der Waals surface area contributed by atoms with E-state index in [9.17, 15) is 0 Å². The summed E-state index contributed by atoms with van der Waals surface area (Å²) >= 11 is 0. The van der Waals surface area contributed by atoms with Gasteiger partial charge in [0.1, 0.15) is 0 Å². The van der Waals surface area contributed by atoms with Crippen molar-refractivity contribution in [2.45, 2.75) is 0 Å². The van der Waals surface area contributed by atoms with Crippen molar-refractivity contribution < 1.29 is 0 Å². The van der Waals surface area contributed by atoms with Crippen molar-refractivity contribution in [3.63, 3.8) is 0 Å². The van der Waals surface area contributed by atoms with Crippen molar-refractivity contribution in [1.29, 1.82) is 0 Å². The first-order valence-electron chi connectivity index (χ1n) is 25.6. The first-order chi connectivity index (χ1) is 37.7. The van der Waals surface area contributed by atoms with Gasteiger partial charge in [-0.25, -0.2) is 19.9 Å². The normalized spacial score (nSPS) is 11.4. The van der Waals surface area contributed by atoms with Gasteiger partial charge < -0.3 is 0 Å². The molecule has 356 valence electrons. The summed E-state index contributed by atoms with van der Waals surface area (Å²) in [6.07, 6.45) is 0. The maximum Gasteiger partial charge on any atom is 0.220 e. The lowest BCUT2D eigenvalue weighted by Crippen LogP contribution is -2.02. The highest BCUT2D eigenvalue weighted by molar-refractivity contribution is 6.00. The summed E-state index contributed by atoms with van der Waals surface area (Å²) in [5, 5.41) is 0. The predicted molar refractivity (Wildman–Crippen MR) is 312 cm³/mol. The zero-order valence-corrected chi connectivity index (χ0v) is 41.2. The minimum Gasteiger partial charge on any atom is -0.277 e. The molecule has 0 radical (unpaired) electrons. The fourth-order valence-electron chi connectivity index (χ4n) is 10.7. The van der Waals surface area contributed by atoms with E-state index in [4.69, 9.17) is 19.9 Å². The molecule has 14 rings (SSSR count). The average Bonchev–Trinajstić information content (AvgIpc) is 4.09. The molecule has 0 bridgehead atoms. The molecule has 0 saturated carbocycles. The Bertz CT molecular complexity index is 4290. The summed E-state index contributed by atoms with van der Waals surface area (Å²) in [4.78, 5) is 20.9. The summed E-state index contributed by atoms with van der Waals surface area (Å²) in [6.45, 7) is 0. The van der Waals surface area contributed by atoms with Crippen LogP contribution < -0.4 is 0 Å². The molecule has 11 aromatic carbocycles. The molecular formula is C70H46N6. The zero-order chi connectivity index (χ0) is 50.4. The van der Waals surface area contributed by atoms with Crippen molar-refractivity contribution >= 4 is 27.8 Å². The maximum atomic E-state index is 5.62. The second-order valence-electron chi connectivity index (χ2n) is 19.0. The molecule has 0 saturated heterocycles. The molecule has 6 nitrogen and oxygen atoms in total. The van der Waals surface area contributed by atoms with Crippen LogP contribution in [0, 0.1) is 0 Å². The van der Waals surface area contributed by atoms with Crippen LogP contribution in [0.3, 0.4) is 0 Å². The summed E-state index contributed by atoms with van der Waals surface area (Å²) in [5.74, 6) is 2.68. The second kappa shape index (κ2) is 19.0. The zero-order valence-electron chi connectivity index (χ0n) is 41.2. The Labute approximate surface area is 440 Å². The highest BCUT2D eigenvalue weighted by Crippen LogP contribution is 2.44. The minimum absolute atomic E-state index is 0.605. The van der Waals surface area contributed by atoms with Crippen molar-refractivity contribution in [2.75, 3.05) is 0 Å². The highest BCUT2D eigenvalue weighted by Gasteiger charge is 2.25. The van der Waals surface area contributed by atoms with Crippen LogP contribution >= 0.6 is 0 Å². The van der Waals surface area contributed by atoms with Gasteiger partial charge in [0, 0.05) is 27.8 Å². The monoisotopic (exact) mass is 970 g/mol. The molecule has 0 N–H and O–H groups in total. The van der Waals surface area contributed by atoms with E-state index in [1.165, 1.54) is 0 Å². The summed E-state index contributed by atoms with van der Waals surface area (Å²) in [5.41, 5.74) is 21.1. The Kier molecular flexibility index (Phi) is 11.1. The lowest BCUT2D eigenvalue weighted by atomic mass is 9.90. The molecule has 0 aliphatic heterocycles. The molecule has 0 atom stereocenters. The summed E-state index contributed by atoms with van der Waals surface area (Å²) in [6, 6.07) is 98.6. The fourth-order valence-corrected chi connectivity index (χ4v) is 10.7. The maximum absolute atomic E-state index is 5.62. The molecule has 0 aliphatic rings. The van der Waals surface area contributed by atoms with Gasteiger partial charge in [-0.15, -0.1) is 0 Å². The van der Waals surface area contributed by atoms with E-state index in [-0.39, 0.29) is 0 Å². The van der Waals surface area contributed by atoms with Crippen LogP contribution in [0.1, 0.15) is 0 Å². The van der Waals surface area contributed by atoms with Crippen LogP contribution in [0.4, 0.5) is 0 Å². The number of nitrogens with zero attached hydrogens (tertiary/aromatic N) is 6. The van der Waals surface area contributed by atoms with Crippen molar-refractivity contribution in [2.24, 2.45) is 0 Å². The van der Waals surface area contributed by atoms with Crippen molar-refractivity contribution in [3.8, 4) is 107 Å². The number of fused-ring (bicyclic) bond motifs is 5. The minimum atomic E-state index is 0.605. The molecule has 0 amide bonds. The average molecular weight is 971 g/mol. The van der Waals surface area contributed by atoms with Crippen molar-refractivity contribution in [1.82, 2.24) is 28.9 Å². The standard InChI is InChI=1S/C70H46N6/c1-8-22-47(23-9-1)54-38-41-63-65(45-54)75-64-46-55(58-39-36-56(42-59(58)49-26-12-3-13-27-49)69-73-67(52-32-18-6-19-33-52)72-68(74-69)53-34-20-7-21-35-53)37-40-62(64)71-70(75)76(63)66-60(50-28-14-4-15-29-50)43-57(48-24-10-2-11-25-48)44-61(66)51-30-16-5-17-31-51/h1-46H. The third-order valence-corrected chi connectivity index (χ3v) is 14.4. The van der Waals surface area contributed by atoms with Gasteiger partial charge >= 0.3 is 0 Å². The molecule has 0 unspecified atom stereocenters. The Balaban J connectivity index is 1.02. The molecule has 0 spiro atoms. The largest absolute Gasteiger partial charge is 0.277 e. The van der Waals surface area contributed by atoms with E-state index in [0.29, 0.717) is 17.5 Å². The first-order valence-corrected chi connectivity index (χ1v) is 25.6. The second-order valence-corrected chi connectivity index (χ2v) is 19.0. The van der Waals surface area contributed by atoms with E-state index >= 15 is 0 Å². The number of hydrogen-bond acceptors (Lipinski definition) is 4. The van der Waals surface area contributed by atoms with Gasteiger partial charge in [0.2, 0.25) is 5.78 Å². The van der Waals surface area contributed by atoms with E-state index in [2.05, 4.69) is 227 Å². The first kappa shape index (κ1) is 44.4. The molecular weight excluding hydrogens is 925 g/mol. The van der Waals surface area contributed by atoms with Crippen LogP contribution in [0.5, 0.6) is 0 Å². The lowest BCUT2D eigenvalue weighted by molar-refractivity contribution is 1.07. The molecule has 0 fully saturated rings. The van der Waals surface area contributed by atoms with Crippen LogP contribution in [-0.2, 0) is 0 Å². The van der Waals surface area contributed by atoms with Gasteiger partial charge in [0.25, 0.3) is 0 Å². The van der Waals surface area contributed by atoms with Gasteiger partial charge in [-0.2, -0.15) is 0 Å².